The molecule has 2 aromatic carbocycles. The zero-order valence-electron chi connectivity index (χ0n) is 52.0. The van der Waals surface area contributed by atoms with Crippen LogP contribution in [-0.4, -0.2) is 183 Å². The fourth-order valence-corrected chi connectivity index (χ4v) is 21.1. The fourth-order valence-electron chi connectivity index (χ4n) is 14.0. The molecule has 0 saturated carbocycles. The molecule has 4 saturated heterocycles. The Morgan fingerprint density at radius 3 is 1.84 bits per heavy atom. The number of hydrogen-bond acceptors (Lipinski definition) is 15. The first-order valence-corrected chi connectivity index (χ1v) is 34.3. The maximum Gasteiger partial charge on any atom is 0.126 e. The van der Waals surface area contributed by atoms with Crippen LogP contribution in [0.25, 0.3) is 0 Å². The number of cyclic esters (lactones) is 1. The van der Waals surface area contributed by atoms with Crippen molar-refractivity contribution in [2.24, 2.45) is 17.8 Å². The smallest absolute Gasteiger partial charge is 0.126 e. The molecule has 0 bridgehead atoms. The number of halogens is 1. The van der Waals surface area contributed by atoms with Gasteiger partial charge in [0.25, 0.3) is 0 Å². The average molecular weight is 1190 g/mol. The molecule has 5 N–H and O–H groups in total. The van der Waals surface area contributed by atoms with Gasteiger partial charge in [-0.25, -0.2) is 0 Å². The minimum absolute atomic E-state index is 0.00261. The van der Waals surface area contributed by atoms with E-state index in [0.717, 1.165) is 57.5 Å². The van der Waals surface area contributed by atoms with Crippen LogP contribution in [0, 0.1) is 17.8 Å². The van der Waals surface area contributed by atoms with Crippen molar-refractivity contribution < 1.29 is 68.3 Å². The number of likely N-dealkylation sites (N-methyl/N-ethyl adjacent to an activating group) is 1. The first kappa shape index (κ1) is 68.7. The third-order valence-electron chi connectivity index (χ3n) is 19.1. The summed E-state index contributed by atoms with van der Waals surface area (Å²) >= 11 is 8.15. The van der Waals surface area contributed by atoms with Gasteiger partial charge in [0.15, 0.2) is 12.6 Å². The van der Waals surface area contributed by atoms with Gasteiger partial charge in [-0.05, 0) is 87.7 Å². The number of rotatable bonds is 22. The number of epoxide rings is 1. The van der Waals surface area contributed by atoms with Crippen LogP contribution < -0.4 is 10.6 Å². The summed E-state index contributed by atoms with van der Waals surface area (Å²) in [6.07, 6.45) is 0.556. The molecule has 0 radical (unpaired) electrons. The third-order valence-corrected chi connectivity index (χ3v) is 26.9. The maximum atomic E-state index is 14.7. The number of ether oxygens (including phenoxy) is 7. The fraction of sp³-hybridized carbons (Fsp3) is 0.781. The van der Waals surface area contributed by atoms with Crippen LogP contribution in [0.5, 0.6) is 0 Å². The molecule has 82 heavy (non-hydrogen) atoms. The van der Waals surface area contributed by atoms with E-state index >= 15 is 0 Å². The van der Waals surface area contributed by atoms with Gasteiger partial charge in [0, 0.05) is 32.0 Å². The summed E-state index contributed by atoms with van der Waals surface area (Å²) < 4.78 is 44.5. The quantitative estimate of drug-likeness (QED) is 0.0323. The number of amides is 1. The molecule has 2 unspecified atom stereocenters. The number of nitrogens with zero attached hydrogens (tertiary/aromatic N) is 2. The summed E-state index contributed by atoms with van der Waals surface area (Å²) in [6.45, 7) is 19.5. The number of carbonyl (C=O) groups is 2. The molecule has 468 valence electrons. The van der Waals surface area contributed by atoms with Gasteiger partial charge in [-0.3, -0.25) is 9.59 Å². The number of aliphatic hydroxyl groups is 5. The molecule has 4 fully saturated rings. The Bertz CT molecular complexity index is 2260. The molecule has 6 rings (SSSR count). The van der Waals surface area contributed by atoms with E-state index in [1.54, 1.807) is 53.4 Å². The van der Waals surface area contributed by atoms with E-state index < -0.39 is 108 Å². The van der Waals surface area contributed by atoms with Gasteiger partial charge in [0.2, 0.25) is 0 Å². The molecule has 1 amide bonds. The molecule has 0 spiro atoms. The van der Waals surface area contributed by atoms with Crippen LogP contribution in [0.15, 0.2) is 60.7 Å². The molecule has 18 heteroatoms. The molecule has 4 heterocycles. The Kier molecular flexibility index (Phi) is 24.4. The topological polar surface area (TPSA) is 210 Å². The summed E-state index contributed by atoms with van der Waals surface area (Å²) in [7, 11) is 5.26. The van der Waals surface area contributed by atoms with Crippen LogP contribution in [0.1, 0.15) is 166 Å². The average Bonchev–Trinajstić information content (AvgIpc) is 1.60. The largest absolute Gasteiger partial charge is 0.388 e. The number of benzene rings is 2. The SMILES string of the molecule is CC[C@H]1OC(=O)[C@H](C)[C@@H](O[C@H]2C[C@@](C)(OC)[C@@H](O)[C@H](C)O2)[C@H](C)[C@@H](O[C@@H]2O[C@H](C)C[C@H](N(C)C)[C@H]2O)[C@](C)(O)C[C@@H](C)CN(C(=O)CCCCCCCCCCCP(Cl)(c2ccccc2)(c2ccccc2)C2OC2C)[C@H](C)[C@@H](O)[C@]1(C)O. The predicted octanol–water partition coefficient (Wildman–Crippen LogP) is 8.80. The molecule has 0 aromatic heterocycles. The van der Waals surface area contributed by atoms with Crippen LogP contribution in [0.4, 0.5) is 0 Å². The first-order chi connectivity index (χ1) is 38.5. The van der Waals surface area contributed by atoms with Crippen molar-refractivity contribution in [1.82, 2.24) is 9.80 Å². The number of esters is 1. The molecule has 4 aliphatic rings. The van der Waals surface area contributed by atoms with Gasteiger partial charge in [-0.2, -0.15) is 0 Å². The van der Waals surface area contributed by atoms with Crippen LogP contribution in [0.3, 0.4) is 0 Å². The third kappa shape index (κ3) is 15.7. The number of unbranched alkanes of at least 4 members (excludes halogenated alkanes) is 8. The van der Waals surface area contributed by atoms with Gasteiger partial charge < -0.3 is 63.8 Å². The molecule has 2 aromatic rings. The van der Waals surface area contributed by atoms with Crippen molar-refractivity contribution in [3.8, 4) is 0 Å². The van der Waals surface area contributed by atoms with E-state index in [2.05, 4.69) is 55.5 Å². The van der Waals surface area contributed by atoms with Crippen LogP contribution in [0.2, 0.25) is 0 Å². The number of aliphatic hydroxyl groups excluding tert-OH is 3. The second-order valence-electron chi connectivity index (χ2n) is 26.1. The second-order valence-corrected chi connectivity index (χ2v) is 32.9. The van der Waals surface area contributed by atoms with Crippen molar-refractivity contribution in [3.63, 3.8) is 0 Å². The zero-order valence-corrected chi connectivity index (χ0v) is 53.7. The number of carbonyl (C=O) groups excluding carboxylic acids is 2. The van der Waals surface area contributed by atoms with E-state index in [4.69, 9.17) is 44.4 Å². The molecule has 16 nitrogen and oxygen atoms in total. The van der Waals surface area contributed by atoms with Crippen molar-refractivity contribution in [2.75, 3.05) is 33.9 Å². The number of hydrogen-bond donors (Lipinski definition) is 5. The minimum Gasteiger partial charge on any atom is -0.388 e. The summed E-state index contributed by atoms with van der Waals surface area (Å²) in [4.78, 5) is 32.8. The summed E-state index contributed by atoms with van der Waals surface area (Å²) in [5.74, 6) is -6.46. The van der Waals surface area contributed by atoms with Gasteiger partial charge in [-0.15, -0.1) is 0 Å². The van der Waals surface area contributed by atoms with E-state index in [-0.39, 0.29) is 62.2 Å². The Morgan fingerprint density at radius 2 is 1.32 bits per heavy atom. The first-order valence-electron chi connectivity index (χ1n) is 30.9. The molecular formula is C64H106ClN2O14P. The van der Waals surface area contributed by atoms with Gasteiger partial charge in [0.1, 0.15) is 30.0 Å². The zero-order chi connectivity index (χ0) is 60.6. The number of methoxy groups -OCH3 is 1. The van der Waals surface area contributed by atoms with E-state index in [1.807, 2.05) is 45.0 Å². The van der Waals surface area contributed by atoms with Crippen molar-refractivity contribution >= 4 is 39.7 Å². The van der Waals surface area contributed by atoms with Crippen molar-refractivity contribution in [1.29, 1.82) is 0 Å². The molecule has 20 atom stereocenters. The van der Waals surface area contributed by atoms with Gasteiger partial charge >= 0.3 is 194 Å². The Hall–Kier alpha value is -2.38. The van der Waals surface area contributed by atoms with Gasteiger partial charge in [-0.1, -0.05) is 20.8 Å². The summed E-state index contributed by atoms with van der Waals surface area (Å²) in [5.41, 5.74) is -4.81. The Morgan fingerprint density at radius 1 is 0.768 bits per heavy atom. The molecule has 0 aliphatic carbocycles. The second kappa shape index (κ2) is 29.1. The van der Waals surface area contributed by atoms with Crippen molar-refractivity contribution in [2.45, 2.75) is 268 Å². The summed E-state index contributed by atoms with van der Waals surface area (Å²) in [6, 6.07) is 19.9. The molecular weight excluding hydrogens is 1090 g/mol. The Balaban J connectivity index is 1.15. The Labute approximate surface area is 496 Å². The van der Waals surface area contributed by atoms with E-state index in [0.29, 0.717) is 12.8 Å². The van der Waals surface area contributed by atoms with Gasteiger partial charge in [0.05, 0.1) is 47.6 Å². The molecule has 4 aliphatic heterocycles. The van der Waals surface area contributed by atoms with E-state index in [9.17, 15) is 35.1 Å². The predicted molar refractivity (Wildman–Crippen MR) is 324 cm³/mol. The van der Waals surface area contributed by atoms with Crippen LogP contribution >= 0.6 is 17.2 Å². The van der Waals surface area contributed by atoms with Crippen molar-refractivity contribution in [3.05, 3.63) is 60.7 Å². The van der Waals surface area contributed by atoms with Crippen LogP contribution in [-0.2, 0) is 42.7 Å². The standard InChI is InChI=1S/C64H106ClN2O14P/c1-15-51-64(11,74)56(70)45(6)67(52(68)35-29-21-19-17-16-18-20-22-30-36-82(65,61-47(8)78-61,48-31-25-23-26-32-48)49-33-27-24-28-34-49)40-41(2)38-62(9,73)58(81-60-54(69)50(66(12)13)37-42(3)76-60)43(4)55(44(5)59(72)79-51)80-53-39-63(10,75-14)57(71)46(7)77-53/h23-28,31-34,41-47,50-51,53-58,60-61,69-71,73-74H,15-22,29-30,35-40H2,1-14H3/t41-,42-,43+,44-,45-,46+,47?,50+,51-,53+,54-,55+,56-,57+,58-,60+,61?,62-,63-,64-/m1/s1. The maximum absolute atomic E-state index is 14.7. The normalized spacial score (nSPS) is 38.7. The summed E-state index contributed by atoms with van der Waals surface area (Å²) in [5, 5.41) is 62.9. The minimum atomic E-state index is -3.17. The monoisotopic (exact) mass is 1190 g/mol. The van der Waals surface area contributed by atoms with E-state index in [1.165, 1.54) is 24.6 Å².